The van der Waals surface area contributed by atoms with Gasteiger partial charge in [0.15, 0.2) is 0 Å². The van der Waals surface area contributed by atoms with Crippen LogP contribution in [0.3, 0.4) is 0 Å². The number of aromatic amines is 2. The van der Waals surface area contributed by atoms with Crippen molar-refractivity contribution in [2.45, 2.75) is 0 Å². The molecule has 0 aliphatic heterocycles. The van der Waals surface area contributed by atoms with Gasteiger partial charge in [0.25, 0.3) is 11.5 Å². The van der Waals surface area contributed by atoms with E-state index in [2.05, 4.69) is 10.2 Å². The van der Waals surface area contributed by atoms with Crippen molar-refractivity contribution in [1.82, 2.24) is 10.2 Å². The van der Waals surface area contributed by atoms with Crippen LogP contribution in [0.5, 0.6) is 0 Å². The predicted octanol–water partition coefficient (Wildman–Crippen LogP) is -1.20. The first kappa shape index (κ1) is 5.61. The maximum atomic E-state index is 10.5. The molecule has 1 aromatic heterocycles. The monoisotopic (exact) mass is 127 g/mol. The van der Waals surface area contributed by atoms with Gasteiger partial charge >= 0.3 is 0 Å². The highest BCUT2D eigenvalue weighted by atomic mass is 16.2. The van der Waals surface area contributed by atoms with Crippen LogP contribution in [0.2, 0.25) is 0 Å². The van der Waals surface area contributed by atoms with Crippen LogP contribution in [0, 0.1) is 0 Å². The van der Waals surface area contributed by atoms with Crippen LogP contribution in [0.15, 0.2) is 11.0 Å². The highest BCUT2D eigenvalue weighted by molar-refractivity contribution is 5.91. The van der Waals surface area contributed by atoms with E-state index >= 15 is 0 Å². The lowest BCUT2D eigenvalue weighted by atomic mass is 10.3. The molecule has 0 aliphatic rings. The van der Waals surface area contributed by atoms with Crippen molar-refractivity contribution in [2.75, 3.05) is 0 Å². The zero-order valence-electron chi connectivity index (χ0n) is 4.47. The Morgan fingerprint density at radius 2 is 2.33 bits per heavy atom. The highest BCUT2D eigenvalue weighted by Crippen LogP contribution is 1.80. The van der Waals surface area contributed by atoms with Crippen LogP contribution >= 0.6 is 0 Å². The number of rotatable bonds is 1. The summed E-state index contributed by atoms with van der Waals surface area (Å²) in [6, 6.07) is 0. The van der Waals surface area contributed by atoms with Crippen LogP contribution < -0.4 is 11.3 Å². The smallest absolute Gasteiger partial charge is 0.276 e. The number of aromatic nitrogens is 2. The second-order valence-corrected chi connectivity index (χ2v) is 1.52. The van der Waals surface area contributed by atoms with Gasteiger partial charge in [-0.1, -0.05) is 0 Å². The molecule has 4 N–H and O–H groups in total. The van der Waals surface area contributed by atoms with E-state index in [-0.39, 0.29) is 5.56 Å². The summed E-state index contributed by atoms with van der Waals surface area (Å²) < 4.78 is 0. The molecule has 0 radical (unpaired) electrons. The lowest BCUT2D eigenvalue weighted by Crippen LogP contribution is -2.19. The second kappa shape index (κ2) is 1.77. The summed E-state index contributed by atoms with van der Waals surface area (Å²) in [4.78, 5) is 20.7. The van der Waals surface area contributed by atoms with Gasteiger partial charge in [0.1, 0.15) is 5.56 Å². The summed E-state index contributed by atoms with van der Waals surface area (Å²) in [5.41, 5.74) is 4.25. The van der Waals surface area contributed by atoms with Crippen LogP contribution in [0.1, 0.15) is 10.4 Å². The van der Waals surface area contributed by atoms with E-state index in [1.54, 1.807) is 0 Å². The zero-order valence-corrected chi connectivity index (χ0v) is 4.47. The molecule has 5 nitrogen and oxygen atoms in total. The Hall–Kier alpha value is -1.52. The van der Waals surface area contributed by atoms with Crippen molar-refractivity contribution in [3.8, 4) is 0 Å². The molecule has 1 rings (SSSR count). The normalized spacial score (nSPS) is 9.33. The topological polar surface area (TPSA) is 91.7 Å². The second-order valence-electron chi connectivity index (χ2n) is 1.52. The number of nitrogens with one attached hydrogen (secondary N) is 2. The van der Waals surface area contributed by atoms with Crippen LogP contribution in [-0.4, -0.2) is 16.1 Å². The van der Waals surface area contributed by atoms with Gasteiger partial charge in [-0.2, -0.15) is 0 Å². The minimum absolute atomic E-state index is 0.0463. The number of hydrogen-bond donors (Lipinski definition) is 3. The Morgan fingerprint density at radius 1 is 1.67 bits per heavy atom. The largest absolute Gasteiger partial charge is 0.365 e. The molecule has 1 heterocycles. The third-order valence-corrected chi connectivity index (χ3v) is 0.912. The van der Waals surface area contributed by atoms with Gasteiger partial charge in [-0.15, -0.1) is 0 Å². The number of carbonyl (C=O) groups is 1. The van der Waals surface area contributed by atoms with Gasteiger partial charge < -0.3 is 10.8 Å². The molecule has 0 bridgehead atoms. The number of nitrogens with two attached hydrogens (primary N) is 1. The fourth-order valence-electron chi connectivity index (χ4n) is 0.490. The van der Waals surface area contributed by atoms with Crippen LogP contribution in [0.4, 0.5) is 0 Å². The van der Waals surface area contributed by atoms with Gasteiger partial charge in [-0.05, 0) is 0 Å². The summed E-state index contributed by atoms with van der Waals surface area (Å²) in [7, 11) is 0. The fourth-order valence-corrected chi connectivity index (χ4v) is 0.490. The van der Waals surface area contributed by atoms with E-state index in [9.17, 15) is 9.59 Å². The van der Waals surface area contributed by atoms with E-state index in [0.717, 1.165) is 0 Å². The van der Waals surface area contributed by atoms with Crippen molar-refractivity contribution >= 4 is 5.91 Å². The van der Waals surface area contributed by atoms with Gasteiger partial charge in [-0.3, -0.25) is 14.7 Å². The molecule has 5 heteroatoms. The van der Waals surface area contributed by atoms with E-state index in [1.165, 1.54) is 6.20 Å². The average molecular weight is 127 g/mol. The third-order valence-electron chi connectivity index (χ3n) is 0.912. The minimum Gasteiger partial charge on any atom is -0.365 e. The van der Waals surface area contributed by atoms with E-state index in [1.807, 2.05) is 0 Å². The molecule has 0 aromatic carbocycles. The van der Waals surface area contributed by atoms with Gasteiger partial charge in [-0.25, -0.2) is 0 Å². The summed E-state index contributed by atoms with van der Waals surface area (Å²) in [6.45, 7) is 0. The number of carbonyl (C=O) groups excluding carboxylic acids is 1. The lowest BCUT2D eigenvalue weighted by Gasteiger charge is -1.78. The Kier molecular flexibility index (Phi) is 1.11. The number of H-pyrrole nitrogens is 2. The molecule has 9 heavy (non-hydrogen) atoms. The average Bonchev–Trinajstić information content (AvgIpc) is 2.13. The molecule has 0 spiro atoms. The molecular weight excluding hydrogens is 122 g/mol. The zero-order chi connectivity index (χ0) is 6.85. The maximum Gasteiger partial charge on any atom is 0.276 e. The molecule has 0 aliphatic carbocycles. The fraction of sp³-hybridized carbons (Fsp3) is 0. The molecule has 0 saturated heterocycles. The Morgan fingerprint density at radius 3 is 2.56 bits per heavy atom. The van der Waals surface area contributed by atoms with Gasteiger partial charge in [0, 0.05) is 6.20 Å². The predicted molar refractivity (Wildman–Crippen MR) is 29.9 cm³/mol. The van der Waals surface area contributed by atoms with E-state index in [0.29, 0.717) is 0 Å². The maximum absolute atomic E-state index is 10.5. The SMILES string of the molecule is NC(=O)c1c[nH][nH]c1=O. The molecule has 0 fully saturated rings. The molecule has 1 aromatic rings. The Bertz CT molecular complexity index is 271. The first-order chi connectivity index (χ1) is 4.22. The molecule has 0 saturated carbocycles. The molecule has 1 amide bonds. The summed E-state index contributed by atoms with van der Waals surface area (Å²) >= 11 is 0. The first-order valence-electron chi connectivity index (χ1n) is 2.27. The first-order valence-corrected chi connectivity index (χ1v) is 2.27. The molecule has 48 valence electrons. The minimum atomic E-state index is -0.725. The molecular formula is C4H5N3O2. The molecule has 0 unspecified atom stereocenters. The molecule has 0 atom stereocenters. The lowest BCUT2D eigenvalue weighted by molar-refractivity contribution is 0.0999. The summed E-state index contributed by atoms with van der Waals surface area (Å²) in [5.74, 6) is -0.725. The highest BCUT2D eigenvalue weighted by Gasteiger charge is 2.04. The number of primary amides is 1. The van der Waals surface area contributed by atoms with Gasteiger partial charge in [0.05, 0.1) is 0 Å². The summed E-state index contributed by atoms with van der Waals surface area (Å²) in [5, 5.41) is 4.51. The van der Waals surface area contributed by atoms with Crippen molar-refractivity contribution < 1.29 is 4.79 Å². The van der Waals surface area contributed by atoms with Crippen molar-refractivity contribution in [2.24, 2.45) is 5.73 Å². The van der Waals surface area contributed by atoms with Crippen LogP contribution in [-0.2, 0) is 0 Å². The number of hydrogen-bond acceptors (Lipinski definition) is 2. The van der Waals surface area contributed by atoms with Crippen LogP contribution in [0.25, 0.3) is 0 Å². The van der Waals surface area contributed by atoms with Crippen molar-refractivity contribution in [1.29, 1.82) is 0 Å². The van der Waals surface area contributed by atoms with Gasteiger partial charge in [0.2, 0.25) is 0 Å². The quantitative estimate of drug-likeness (QED) is 0.442. The number of amides is 1. The standard InChI is InChI=1S/C4H5N3O2/c5-3(8)2-1-6-7-4(2)9/h1H,(H2,5,8)(H2,6,7,9). The van der Waals surface area contributed by atoms with E-state index in [4.69, 9.17) is 5.73 Å². The Labute approximate surface area is 49.9 Å². The van der Waals surface area contributed by atoms with Crippen molar-refractivity contribution in [3.05, 3.63) is 22.1 Å². The third kappa shape index (κ3) is 0.835. The Balaban J connectivity index is 3.24. The van der Waals surface area contributed by atoms with E-state index < -0.39 is 11.5 Å². The summed E-state index contributed by atoms with van der Waals surface area (Å²) in [6.07, 6.45) is 1.23. The van der Waals surface area contributed by atoms with Crippen molar-refractivity contribution in [3.63, 3.8) is 0 Å².